The van der Waals surface area contributed by atoms with Gasteiger partial charge >= 0.3 is 0 Å². The number of benzene rings is 2. The molecule has 0 N–H and O–H groups in total. The van der Waals surface area contributed by atoms with Crippen molar-refractivity contribution in [3.63, 3.8) is 0 Å². The summed E-state index contributed by atoms with van der Waals surface area (Å²) < 4.78 is 0. The van der Waals surface area contributed by atoms with Gasteiger partial charge in [0.2, 0.25) is 0 Å². The minimum absolute atomic E-state index is 0.145. The average molecular weight is 232 g/mol. The molecule has 2 aromatic rings. The van der Waals surface area contributed by atoms with E-state index in [9.17, 15) is 0 Å². The van der Waals surface area contributed by atoms with Crippen LogP contribution in [0.1, 0.15) is 41.5 Å². The SMILES string of the molecule is CC=CC12CC(c3ccccc31)c1ccccc12. The summed E-state index contributed by atoms with van der Waals surface area (Å²) in [5.41, 5.74) is 6.26. The van der Waals surface area contributed by atoms with Crippen LogP contribution in [0.5, 0.6) is 0 Å². The lowest BCUT2D eigenvalue weighted by Gasteiger charge is -2.28. The lowest BCUT2D eigenvalue weighted by atomic mass is 9.75. The maximum absolute atomic E-state index is 2.40. The monoisotopic (exact) mass is 232 g/mol. The lowest BCUT2D eigenvalue weighted by molar-refractivity contribution is 0.657. The highest BCUT2D eigenvalue weighted by Crippen LogP contribution is 2.60. The Morgan fingerprint density at radius 1 is 0.944 bits per heavy atom. The zero-order valence-corrected chi connectivity index (χ0v) is 10.6. The molecule has 0 atom stereocenters. The summed E-state index contributed by atoms with van der Waals surface area (Å²) in [6, 6.07) is 17.9. The first-order valence-corrected chi connectivity index (χ1v) is 6.69. The molecule has 2 aliphatic rings. The van der Waals surface area contributed by atoms with Crippen LogP contribution in [0.15, 0.2) is 60.7 Å². The highest BCUT2D eigenvalue weighted by atomic mass is 14.5. The van der Waals surface area contributed by atoms with Crippen molar-refractivity contribution in [1.82, 2.24) is 0 Å². The van der Waals surface area contributed by atoms with Crippen LogP contribution in [-0.4, -0.2) is 0 Å². The maximum Gasteiger partial charge on any atom is 0.0396 e. The molecule has 0 heteroatoms. The minimum Gasteiger partial charge on any atom is -0.0904 e. The Labute approximate surface area is 108 Å². The molecular weight excluding hydrogens is 216 g/mol. The maximum atomic E-state index is 2.40. The van der Waals surface area contributed by atoms with Gasteiger partial charge in [-0.1, -0.05) is 60.7 Å². The number of hydrogen-bond donors (Lipinski definition) is 0. The predicted octanol–water partition coefficient (Wildman–Crippen LogP) is 4.40. The van der Waals surface area contributed by atoms with Gasteiger partial charge in [0.1, 0.15) is 0 Å². The van der Waals surface area contributed by atoms with E-state index < -0.39 is 0 Å². The Morgan fingerprint density at radius 3 is 2.06 bits per heavy atom. The number of fused-ring (bicyclic) bond motifs is 8. The first-order chi connectivity index (χ1) is 8.87. The largest absolute Gasteiger partial charge is 0.0904 e. The molecule has 0 nitrogen and oxygen atoms in total. The summed E-state index contributed by atoms with van der Waals surface area (Å²) in [6.07, 6.45) is 5.83. The highest BCUT2D eigenvalue weighted by Gasteiger charge is 2.50. The third-order valence-corrected chi connectivity index (χ3v) is 4.61. The Morgan fingerprint density at radius 2 is 1.50 bits per heavy atom. The van der Waals surface area contributed by atoms with E-state index in [1.165, 1.54) is 28.7 Å². The van der Waals surface area contributed by atoms with Crippen LogP contribution in [0.2, 0.25) is 0 Å². The molecule has 2 bridgehead atoms. The van der Waals surface area contributed by atoms with Crippen molar-refractivity contribution in [2.45, 2.75) is 24.7 Å². The van der Waals surface area contributed by atoms with E-state index in [1.54, 1.807) is 0 Å². The number of allylic oxidation sites excluding steroid dienone is 2. The summed E-state index contributed by atoms with van der Waals surface area (Å²) in [5, 5.41) is 0. The van der Waals surface area contributed by atoms with Crippen molar-refractivity contribution in [3.05, 3.63) is 82.9 Å². The number of hydrogen-bond acceptors (Lipinski definition) is 0. The molecular formula is C18H16. The third-order valence-electron chi connectivity index (χ3n) is 4.61. The molecule has 0 radical (unpaired) electrons. The highest BCUT2D eigenvalue weighted by molar-refractivity contribution is 5.65. The molecule has 0 amide bonds. The second kappa shape index (κ2) is 3.35. The zero-order chi connectivity index (χ0) is 12.2. The van der Waals surface area contributed by atoms with Gasteiger partial charge in [0.25, 0.3) is 0 Å². The van der Waals surface area contributed by atoms with Crippen molar-refractivity contribution in [3.8, 4) is 0 Å². The van der Waals surface area contributed by atoms with Crippen molar-refractivity contribution in [2.75, 3.05) is 0 Å². The molecule has 0 unspecified atom stereocenters. The summed E-state index contributed by atoms with van der Waals surface area (Å²) in [4.78, 5) is 0. The van der Waals surface area contributed by atoms with Crippen LogP contribution < -0.4 is 0 Å². The Hall–Kier alpha value is -1.82. The van der Waals surface area contributed by atoms with Crippen LogP contribution in [0.25, 0.3) is 0 Å². The molecule has 2 aromatic carbocycles. The molecule has 0 fully saturated rings. The van der Waals surface area contributed by atoms with E-state index in [0.717, 1.165) is 0 Å². The first kappa shape index (κ1) is 10.1. The van der Waals surface area contributed by atoms with Crippen LogP contribution in [-0.2, 0) is 5.41 Å². The molecule has 18 heavy (non-hydrogen) atoms. The van der Waals surface area contributed by atoms with Gasteiger partial charge in [0, 0.05) is 11.3 Å². The van der Waals surface area contributed by atoms with E-state index in [2.05, 4.69) is 67.6 Å². The van der Waals surface area contributed by atoms with Gasteiger partial charge in [-0.2, -0.15) is 0 Å². The second-order valence-corrected chi connectivity index (χ2v) is 5.40. The fraction of sp³-hybridized carbons (Fsp3) is 0.222. The van der Waals surface area contributed by atoms with Gasteiger partial charge in [-0.15, -0.1) is 0 Å². The fourth-order valence-corrected chi connectivity index (χ4v) is 4.02. The third kappa shape index (κ3) is 1.02. The Kier molecular flexibility index (Phi) is 1.89. The zero-order valence-electron chi connectivity index (χ0n) is 10.6. The van der Waals surface area contributed by atoms with Crippen molar-refractivity contribution in [1.29, 1.82) is 0 Å². The van der Waals surface area contributed by atoms with E-state index in [1.807, 2.05) is 0 Å². The Bertz CT molecular complexity index is 601. The lowest BCUT2D eigenvalue weighted by Crippen LogP contribution is -2.20. The topological polar surface area (TPSA) is 0 Å². The van der Waals surface area contributed by atoms with Gasteiger partial charge in [0.15, 0.2) is 0 Å². The minimum atomic E-state index is 0.145. The number of rotatable bonds is 1. The fourth-order valence-electron chi connectivity index (χ4n) is 4.02. The summed E-state index contributed by atoms with van der Waals surface area (Å²) in [5.74, 6) is 0.605. The molecule has 0 aliphatic heterocycles. The van der Waals surface area contributed by atoms with Gasteiger partial charge < -0.3 is 0 Å². The van der Waals surface area contributed by atoms with Crippen molar-refractivity contribution in [2.24, 2.45) is 0 Å². The van der Waals surface area contributed by atoms with Crippen LogP contribution in [0.3, 0.4) is 0 Å². The van der Waals surface area contributed by atoms with Crippen LogP contribution >= 0.6 is 0 Å². The van der Waals surface area contributed by atoms with E-state index in [4.69, 9.17) is 0 Å². The average Bonchev–Trinajstić information content (AvgIpc) is 2.92. The predicted molar refractivity (Wildman–Crippen MR) is 74.9 cm³/mol. The molecule has 0 saturated carbocycles. The summed E-state index contributed by atoms with van der Waals surface area (Å²) in [7, 11) is 0. The standard InChI is InChI=1S/C18H16/c1-2-11-18-12-15(13-7-3-5-9-16(13)18)14-8-4-6-10-17(14)18/h2-11,15H,12H2,1H3. The van der Waals surface area contributed by atoms with Crippen molar-refractivity contribution < 1.29 is 0 Å². The van der Waals surface area contributed by atoms with E-state index >= 15 is 0 Å². The smallest absolute Gasteiger partial charge is 0.0396 e. The van der Waals surface area contributed by atoms with Crippen molar-refractivity contribution >= 4 is 0 Å². The first-order valence-electron chi connectivity index (χ1n) is 6.69. The van der Waals surface area contributed by atoms with Gasteiger partial charge in [-0.25, -0.2) is 0 Å². The molecule has 0 aromatic heterocycles. The molecule has 2 aliphatic carbocycles. The molecule has 4 rings (SSSR count). The summed E-state index contributed by atoms with van der Waals surface area (Å²) in [6.45, 7) is 2.13. The van der Waals surface area contributed by atoms with Crippen LogP contribution in [0, 0.1) is 0 Å². The van der Waals surface area contributed by atoms with E-state index in [0.29, 0.717) is 5.92 Å². The van der Waals surface area contributed by atoms with Gasteiger partial charge in [-0.3, -0.25) is 0 Å². The molecule has 0 heterocycles. The summed E-state index contributed by atoms with van der Waals surface area (Å²) >= 11 is 0. The quantitative estimate of drug-likeness (QED) is 0.639. The molecule has 0 spiro atoms. The normalized spacial score (nSPS) is 27.5. The Balaban J connectivity index is 2.08. The molecule has 0 saturated heterocycles. The second-order valence-electron chi connectivity index (χ2n) is 5.40. The van der Waals surface area contributed by atoms with Gasteiger partial charge in [0.05, 0.1) is 0 Å². The van der Waals surface area contributed by atoms with Gasteiger partial charge in [-0.05, 0) is 35.6 Å². The molecule has 88 valence electrons. The van der Waals surface area contributed by atoms with Crippen LogP contribution in [0.4, 0.5) is 0 Å². The van der Waals surface area contributed by atoms with E-state index in [-0.39, 0.29) is 5.41 Å².